The Kier molecular flexibility index (Phi) is 4.73. The topological polar surface area (TPSA) is 32.7 Å². The van der Waals surface area contributed by atoms with Crippen LogP contribution in [0.5, 0.6) is 5.75 Å². The van der Waals surface area contributed by atoms with Gasteiger partial charge in [-0.25, -0.2) is 0 Å². The lowest BCUT2D eigenvalue weighted by atomic mass is 10.1. The van der Waals surface area contributed by atoms with E-state index in [4.69, 9.17) is 4.74 Å². The van der Waals surface area contributed by atoms with Crippen molar-refractivity contribution in [1.29, 1.82) is 0 Å². The van der Waals surface area contributed by atoms with Crippen LogP contribution in [-0.2, 0) is 0 Å². The highest BCUT2D eigenvalue weighted by molar-refractivity contribution is 5.83. The molecule has 1 saturated heterocycles. The molecule has 21 heavy (non-hydrogen) atoms. The molecule has 1 heterocycles. The van der Waals surface area contributed by atoms with Gasteiger partial charge in [0.2, 0.25) is 0 Å². The van der Waals surface area contributed by atoms with Gasteiger partial charge in [-0.2, -0.15) is 0 Å². The molecule has 112 valence electrons. The van der Waals surface area contributed by atoms with Crippen molar-refractivity contribution in [3.63, 3.8) is 0 Å². The summed E-state index contributed by atoms with van der Waals surface area (Å²) < 4.78 is 5.74. The second-order valence-electron chi connectivity index (χ2n) is 5.84. The van der Waals surface area contributed by atoms with E-state index in [1.807, 2.05) is 24.3 Å². The highest BCUT2D eigenvalue weighted by Crippen LogP contribution is 2.20. The van der Waals surface area contributed by atoms with Crippen LogP contribution in [-0.4, -0.2) is 42.4 Å². The highest BCUT2D eigenvalue weighted by Gasteiger charge is 2.15. The first-order valence-corrected chi connectivity index (χ1v) is 7.83. The van der Waals surface area contributed by atoms with E-state index in [1.165, 1.54) is 30.0 Å². The van der Waals surface area contributed by atoms with Gasteiger partial charge in [0.25, 0.3) is 0 Å². The van der Waals surface area contributed by atoms with Crippen LogP contribution in [0.1, 0.15) is 19.3 Å². The molecule has 0 bridgehead atoms. The maximum Gasteiger partial charge on any atom is 0.120 e. The number of nitrogens with zero attached hydrogens (tertiary/aromatic N) is 1. The van der Waals surface area contributed by atoms with Crippen molar-refractivity contribution in [2.45, 2.75) is 25.4 Å². The lowest BCUT2D eigenvalue weighted by Gasteiger charge is -2.28. The van der Waals surface area contributed by atoms with E-state index < -0.39 is 6.10 Å². The van der Waals surface area contributed by atoms with Crippen LogP contribution in [0.15, 0.2) is 42.5 Å². The Morgan fingerprint density at radius 2 is 1.76 bits per heavy atom. The number of rotatable bonds is 5. The summed E-state index contributed by atoms with van der Waals surface area (Å²) >= 11 is 0. The van der Waals surface area contributed by atoms with Crippen molar-refractivity contribution in [2.75, 3.05) is 26.2 Å². The zero-order valence-electron chi connectivity index (χ0n) is 12.4. The molecule has 1 fully saturated rings. The van der Waals surface area contributed by atoms with E-state index in [0.717, 1.165) is 18.8 Å². The first kappa shape index (κ1) is 14.4. The van der Waals surface area contributed by atoms with Crippen LogP contribution in [0.25, 0.3) is 10.8 Å². The number of aliphatic hydroxyl groups excluding tert-OH is 1. The van der Waals surface area contributed by atoms with Crippen molar-refractivity contribution in [3.05, 3.63) is 42.5 Å². The van der Waals surface area contributed by atoms with Gasteiger partial charge in [-0.3, -0.25) is 0 Å². The number of piperidine rings is 1. The minimum atomic E-state index is -0.422. The zero-order chi connectivity index (χ0) is 14.5. The van der Waals surface area contributed by atoms with Gasteiger partial charge in [0.15, 0.2) is 0 Å². The molecule has 1 atom stereocenters. The van der Waals surface area contributed by atoms with Crippen LogP contribution >= 0.6 is 0 Å². The Bertz CT molecular complexity index is 578. The van der Waals surface area contributed by atoms with Crippen molar-refractivity contribution in [3.8, 4) is 5.75 Å². The highest BCUT2D eigenvalue weighted by atomic mass is 16.5. The first-order valence-electron chi connectivity index (χ1n) is 7.83. The third kappa shape index (κ3) is 3.96. The number of hydrogen-bond donors (Lipinski definition) is 1. The summed E-state index contributed by atoms with van der Waals surface area (Å²) in [5.74, 6) is 0.825. The summed E-state index contributed by atoms with van der Waals surface area (Å²) in [4.78, 5) is 2.33. The lowest BCUT2D eigenvalue weighted by molar-refractivity contribution is 0.0618. The minimum Gasteiger partial charge on any atom is -0.491 e. The van der Waals surface area contributed by atoms with Crippen LogP contribution in [0, 0.1) is 0 Å². The summed E-state index contributed by atoms with van der Waals surface area (Å²) in [5, 5.41) is 12.5. The van der Waals surface area contributed by atoms with E-state index in [1.54, 1.807) is 0 Å². The largest absolute Gasteiger partial charge is 0.491 e. The number of β-amino-alcohol motifs (C(OH)–C–C–N with tert-alkyl or cyclic N) is 1. The predicted octanol–water partition coefficient (Wildman–Crippen LogP) is 3.07. The number of fused-ring (bicyclic) bond motifs is 1. The fraction of sp³-hybridized carbons (Fsp3) is 0.444. The molecule has 2 aromatic rings. The van der Waals surface area contributed by atoms with Gasteiger partial charge in [0.1, 0.15) is 18.5 Å². The molecule has 0 saturated carbocycles. The Morgan fingerprint density at radius 3 is 2.57 bits per heavy atom. The second kappa shape index (κ2) is 6.92. The Morgan fingerprint density at radius 1 is 1.00 bits per heavy atom. The van der Waals surface area contributed by atoms with Crippen LogP contribution in [0.3, 0.4) is 0 Å². The minimum absolute atomic E-state index is 0.356. The number of hydrogen-bond acceptors (Lipinski definition) is 3. The van der Waals surface area contributed by atoms with Crippen molar-refractivity contribution < 1.29 is 9.84 Å². The molecule has 3 rings (SSSR count). The lowest BCUT2D eigenvalue weighted by Crippen LogP contribution is -2.38. The Labute approximate surface area is 126 Å². The number of aliphatic hydroxyl groups is 1. The van der Waals surface area contributed by atoms with Crippen molar-refractivity contribution >= 4 is 10.8 Å². The van der Waals surface area contributed by atoms with Gasteiger partial charge >= 0.3 is 0 Å². The van der Waals surface area contributed by atoms with E-state index >= 15 is 0 Å². The Hall–Kier alpha value is -1.58. The second-order valence-corrected chi connectivity index (χ2v) is 5.84. The third-order valence-corrected chi connectivity index (χ3v) is 4.08. The molecule has 0 amide bonds. The summed E-state index contributed by atoms with van der Waals surface area (Å²) in [6.45, 7) is 3.28. The molecule has 0 radical (unpaired) electrons. The van der Waals surface area contributed by atoms with E-state index in [-0.39, 0.29) is 0 Å². The molecule has 0 spiro atoms. The summed E-state index contributed by atoms with van der Waals surface area (Å²) in [6, 6.07) is 14.3. The monoisotopic (exact) mass is 285 g/mol. The van der Waals surface area contributed by atoms with Crippen molar-refractivity contribution in [1.82, 2.24) is 4.90 Å². The van der Waals surface area contributed by atoms with Crippen LogP contribution in [0.4, 0.5) is 0 Å². The summed E-state index contributed by atoms with van der Waals surface area (Å²) in [6.07, 6.45) is 3.39. The first-order chi connectivity index (χ1) is 10.3. The normalized spacial score (nSPS) is 17.8. The van der Waals surface area contributed by atoms with Gasteiger partial charge in [-0.1, -0.05) is 36.8 Å². The van der Waals surface area contributed by atoms with Crippen LogP contribution < -0.4 is 4.74 Å². The maximum atomic E-state index is 10.1. The van der Waals surface area contributed by atoms with Gasteiger partial charge in [0, 0.05) is 6.54 Å². The van der Waals surface area contributed by atoms with E-state index in [0.29, 0.717) is 13.2 Å². The average Bonchev–Trinajstić information content (AvgIpc) is 2.54. The summed E-state index contributed by atoms with van der Waals surface area (Å²) in [7, 11) is 0. The molecular formula is C18H23NO2. The van der Waals surface area contributed by atoms with Gasteiger partial charge in [-0.15, -0.1) is 0 Å². The number of likely N-dealkylation sites (tertiary alicyclic amines) is 1. The Balaban J connectivity index is 1.53. The molecule has 1 unspecified atom stereocenters. The smallest absolute Gasteiger partial charge is 0.120 e. The molecule has 0 aromatic heterocycles. The molecule has 3 nitrogen and oxygen atoms in total. The molecular weight excluding hydrogens is 262 g/mol. The fourth-order valence-electron chi connectivity index (χ4n) is 2.94. The molecule has 1 aliphatic rings. The molecule has 1 N–H and O–H groups in total. The third-order valence-electron chi connectivity index (χ3n) is 4.08. The fourth-order valence-corrected chi connectivity index (χ4v) is 2.94. The summed E-state index contributed by atoms with van der Waals surface area (Å²) in [5.41, 5.74) is 0. The standard InChI is InChI=1S/C18H23NO2/c20-17(13-19-10-4-1-5-11-19)14-21-18-9-8-15-6-2-3-7-16(15)12-18/h2-3,6-9,12,17,20H,1,4-5,10-11,13-14H2. The molecule has 1 aliphatic heterocycles. The predicted molar refractivity (Wildman–Crippen MR) is 85.7 cm³/mol. The van der Waals surface area contributed by atoms with E-state index in [9.17, 15) is 5.11 Å². The molecule has 2 aromatic carbocycles. The van der Waals surface area contributed by atoms with Gasteiger partial charge in [0.05, 0.1) is 0 Å². The van der Waals surface area contributed by atoms with Crippen LogP contribution in [0.2, 0.25) is 0 Å². The zero-order valence-corrected chi connectivity index (χ0v) is 12.4. The number of ether oxygens (including phenoxy) is 1. The molecule has 3 heteroatoms. The quantitative estimate of drug-likeness (QED) is 0.916. The number of benzene rings is 2. The van der Waals surface area contributed by atoms with Gasteiger partial charge in [-0.05, 0) is 48.8 Å². The van der Waals surface area contributed by atoms with Crippen molar-refractivity contribution in [2.24, 2.45) is 0 Å². The van der Waals surface area contributed by atoms with Gasteiger partial charge < -0.3 is 14.7 Å². The molecule has 0 aliphatic carbocycles. The average molecular weight is 285 g/mol. The SMILES string of the molecule is OC(COc1ccc2ccccc2c1)CN1CCCCC1. The van der Waals surface area contributed by atoms with E-state index in [2.05, 4.69) is 23.1 Å². The maximum absolute atomic E-state index is 10.1.